The van der Waals surface area contributed by atoms with Crippen LogP contribution in [0.2, 0.25) is 0 Å². The predicted octanol–water partition coefficient (Wildman–Crippen LogP) is -1.02. The zero-order valence-corrected chi connectivity index (χ0v) is 6.76. The fourth-order valence-electron chi connectivity index (χ4n) is 1.06. The highest BCUT2D eigenvalue weighted by Crippen LogP contribution is 2.09. The minimum Gasteiger partial charge on any atom is -0.326 e. The zero-order valence-electron chi connectivity index (χ0n) is 5.95. The summed E-state index contributed by atoms with van der Waals surface area (Å²) in [5.41, 5.74) is 5.52. The summed E-state index contributed by atoms with van der Waals surface area (Å²) in [7, 11) is -2.98. The molecule has 1 aliphatic heterocycles. The standard InChI is InChI=1S/C5H12N2O2S/c1-10(8,9)7-3-2-5(6)4-7/h5H,2-4,6H2,1H3/t5-/m0/s1. The van der Waals surface area contributed by atoms with Crippen molar-refractivity contribution < 1.29 is 8.42 Å². The average Bonchev–Trinajstić information content (AvgIpc) is 2.11. The molecule has 0 unspecified atom stereocenters. The third-order valence-corrected chi connectivity index (χ3v) is 2.93. The first-order chi connectivity index (χ1) is 4.50. The van der Waals surface area contributed by atoms with Crippen molar-refractivity contribution in [2.75, 3.05) is 19.3 Å². The van der Waals surface area contributed by atoms with E-state index in [4.69, 9.17) is 5.73 Å². The largest absolute Gasteiger partial charge is 0.326 e. The number of hydrogen-bond donors (Lipinski definition) is 1. The zero-order chi connectivity index (χ0) is 7.78. The molecule has 0 aliphatic carbocycles. The van der Waals surface area contributed by atoms with Crippen molar-refractivity contribution in [3.63, 3.8) is 0 Å². The van der Waals surface area contributed by atoms with E-state index in [0.717, 1.165) is 6.42 Å². The quantitative estimate of drug-likeness (QED) is 0.539. The number of nitrogens with two attached hydrogens (primary N) is 1. The van der Waals surface area contributed by atoms with Crippen LogP contribution in [0.5, 0.6) is 0 Å². The van der Waals surface area contributed by atoms with Crippen LogP contribution in [0.1, 0.15) is 6.42 Å². The molecule has 1 aliphatic rings. The lowest BCUT2D eigenvalue weighted by Gasteiger charge is -2.10. The Balaban J connectivity index is 2.62. The maximum atomic E-state index is 10.8. The molecular weight excluding hydrogens is 152 g/mol. The van der Waals surface area contributed by atoms with E-state index in [1.165, 1.54) is 10.6 Å². The maximum Gasteiger partial charge on any atom is 0.211 e. The number of rotatable bonds is 1. The predicted molar refractivity (Wildman–Crippen MR) is 39.0 cm³/mol. The van der Waals surface area contributed by atoms with Crippen LogP contribution in [-0.2, 0) is 10.0 Å². The topological polar surface area (TPSA) is 63.4 Å². The Hall–Kier alpha value is -0.130. The molecule has 0 bridgehead atoms. The first-order valence-corrected chi connectivity index (χ1v) is 5.05. The van der Waals surface area contributed by atoms with Gasteiger partial charge in [0.2, 0.25) is 10.0 Å². The molecule has 1 saturated heterocycles. The van der Waals surface area contributed by atoms with Crippen LogP contribution in [0.25, 0.3) is 0 Å². The van der Waals surface area contributed by atoms with Gasteiger partial charge in [0.1, 0.15) is 0 Å². The summed E-state index contributed by atoms with van der Waals surface area (Å²) in [4.78, 5) is 0. The maximum absolute atomic E-state index is 10.8. The van der Waals surface area contributed by atoms with Crippen LogP contribution < -0.4 is 5.73 Å². The lowest BCUT2D eigenvalue weighted by molar-refractivity contribution is 0.478. The molecular formula is C5H12N2O2S. The minimum atomic E-state index is -2.98. The highest BCUT2D eigenvalue weighted by atomic mass is 32.2. The van der Waals surface area contributed by atoms with E-state index < -0.39 is 10.0 Å². The van der Waals surface area contributed by atoms with Crippen molar-refractivity contribution in [2.24, 2.45) is 5.73 Å². The molecule has 60 valence electrons. The fraction of sp³-hybridized carbons (Fsp3) is 1.00. The van der Waals surface area contributed by atoms with Crippen LogP contribution in [0.15, 0.2) is 0 Å². The number of sulfonamides is 1. The highest BCUT2D eigenvalue weighted by Gasteiger charge is 2.25. The van der Waals surface area contributed by atoms with Gasteiger partial charge in [-0.2, -0.15) is 0 Å². The number of nitrogens with zero attached hydrogens (tertiary/aromatic N) is 1. The average molecular weight is 164 g/mol. The molecule has 0 saturated carbocycles. The molecule has 0 aromatic rings. The lowest BCUT2D eigenvalue weighted by atomic mass is 10.3. The third kappa shape index (κ3) is 1.68. The summed E-state index contributed by atoms with van der Waals surface area (Å²) < 4.78 is 23.1. The highest BCUT2D eigenvalue weighted by molar-refractivity contribution is 7.88. The smallest absolute Gasteiger partial charge is 0.211 e. The van der Waals surface area contributed by atoms with Gasteiger partial charge in [-0.05, 0) is 6.42 Å². The molecule has 0 amide bonds. The van der Waals surface area contributed by atoms with Gasteiger partial charge in [0.05, 0.1) is 6.26 Å². The van der Waals surface area contributed by atoms with Crippen LogP contribution >= 0.6 is 0 Å². The Morgan fingerprint density at radius 3 is 2.40 bits per heavy atom. The van der Waals surface area contributed by atoms with Crippen molar-refractivity contribution in [2.45, 2.75) is 12.5 Å². The minimum absolute atomic E-state index is 0.0368. The fourth-order valence-corrected chi connectivity index (χ4v) is 1.95. The second kappa shape index (κ2) is 2.48. The molecule has 1 atom stereocenters. The normalized spacial score (nSPS) is 29.2. The van der Waals surface area contributed by atoms with Gasteiger partial charge in [-0.3, -0.25) is 0 Å². The second-order valence-electron chi connectivity index (χ2n) is 2.67. The molecule has 2 N–H and O–H groups in total. The molecule has 0 aromatic heterocycles. The van der Waals surface area contributed by atoms with Gasteiger partial charge in [0, 0.05) is 19.1 Å². The molecule has 5 heteroatoms. The van der Waals surface area contributed by atoms with Gasteiger partial charge >= 0.3 is 0 Å². The number of hydrogen-bond acceptors (Lipinski definition) is 3. The summed E-state index contributed by atoms with van der Waals surface area (Å²) in [5, 5.41) is 0. The van der Waals surface area contributed by atoms with Crippen molar-refractivity contribution in [3.8, 4) is 0 Å². The van der Waals surface area contributed by atoms with Crippen LogP contribution in [0.3, 0.4) is 0 Å². The van der Waals surface area contributed by atoms with E-state index in [-0.39, 0.29) is 6.04 Å². The first kappa shape index (κ1) is 7.97. The monoisotopic (exact) mass is 164 g/mol. The van der Waals surface area contributed by atoms with E-state index in [1.807, 2.05) is 0 Å². The van der Waals surface area contributed by atoms with Crippen molar-refractivity contribution in [3.05, 3.63) is 0 Å². The molecule has 0 aromatic carbocycles. The summed E-state index contributed by atoms with van der Waals surface area (Å²) in [6.07, 6.45) is 2.00. The molecule has 0 spiro atoms. The van der Waals surface area contributed by atoms with E-state index >= 15 is 0 Å². The summed E-state index contributed by atoms with van der Waals surface area (Å²) >= 11 is 0. The van der Waals surface area contributed by atoms with Gasteiger partial charge < -0.3 is 5.73 Å². The first-order valence-electron chi connectivity index (χ1n) is 3.21. The molecule has 1 rings (SSSR count). The Morgan fingerprint density at radius 2 is 2.20 bits per heavy atom. The van der Waals surface area contributed by atoms with E-state index in [1.54, 1.807) is 0 Å². The van der Waals surface area contributed by atoms with Crippen molar-refractivity contribution >= 4 is 10.0 Å². The summed E-state index contributed by atoms with van der Waals surface area (Å²) in [5.74, 6) is 0. The molecule has 1 fully saturated rings. The van der Waals surface area contributed by atoms with Gasteiger partial charge in [0.15, 0.2) is 0 Å². The van der Waals surface area contributed by atoms with E-state index in [2.05, 4.69) is 0 Å². The van der Waals surface area contributed by atoms with E-state index in [0.29, 0.717) is 13.1 Å². The van der Waals surface area contributed by atoms with Crippen molar-refractivity contribution in [1.82, 2.24) is 4.31 Å². The van der Waals surface area contributed by atoms with Gasteiger partial charge in [0.25, 0.3) is 0 Å². The second-order valence-corrected chi connectivity index (χ2v) is 4.65. The third-order valence-electron chi connectivity index (χ3n) is 1.66. The molecule has 4 nitrogen and oxygen atoms in total. The van der Waals surface area contributed by atoms with Crippen LogP contribution in [0.4, 0.5) is 0 Å². The van der Waals surface area contributed by atoms with Crippen LogP contribution in [0, 0.1) is 0 Å². The Labute approximate surface area is 61.1 Å². The van der Waals surface area contributed by atoms with Gasteiger partial charge in [-0.15, -0.1) is 0 Å². The molecule has 10 heavy (non-hydrogen) atoms. The SMILES string of the molecule is CS(=O)(=O)N1CC[C@H](N)C1. The van der Waals surface area contributed by atoms with Gasteiger partial charge in [-0.25, -0.2) is 12.7 Å². The van der Waals surface area contributed by atoms with Gasteiger partial charge in [-0.1, -0.05) is 0 Å². The summed E-state index contributed by atoms with van der Waals surface area (Å²) in [6, 6.07) is 0.0368. The molecule has 1 heterocycles. The van der Waals surface area contributed by atoms with Crippen molar-refractivity contribution in [1.29, 1.82) is 0 Å². The van der Waals surface area contributed by atoms with E-state index in [9.17, 15) is 8.42 Å². The lowest BCUT2D eigenvalue weighted by Crippen LogP contribution is -2.30. The Kier molecular flexibility index (Phi) is 1.98. The molecule has 0 radical (unpaired) electrons. The van der Waals surface area contributed by atoms with Crippen LogP contribution in [-0.4, -0.2) is 38.1 Å². The Bertz CT molecular complexity index is 212. The summed E-state index contributed by atoms with van der Waals surface area (Å²) in [6.45, 7) is 1.07. The Morgan fingerprint density at radius 1 is 1.60 bits per heavy atom.